The number of ether oxygens (including phenoxy) is 2. The van der Waals surface area contributed by atoms with E-state index < -0.39 is 0 Å². The van der Waals surface area contributed by atoms with E-state index in [-0.39, 0.29) is 17.0 Å². The van der Waals surface area contributed by atoms with Crippen molar-refractivity contribution in [3.05, 3.63) is 88.1 Å². The number of nitrogens with zero attached hydrogens (tertiary/aromatic N) is 2. The number of carbonyl (C=O) groups excluding carboxylic acids is 2. The summed E-state index contributed by atoms with van der Waals surface area (Å²) < 4.78 is 10.3. The second kappa shape index (κ2) is 11.9. The number of aromatic nitrogens is 1. The zero-order valence-electron chi connectivity index (χ0n) is 21.2. The molecular formula is C29H30ClN3O4. The number of carbonyl (C=O) groups is 2. The van der Waals surface area contributed by atoms with Gasteiger partial charge in [-0.3, -0.25) is 9.59 Å². The maximum atomic E-state index is 12.9. The first-order valence-corrected chi connectivity index (χ1v) is 12.5. The molecule has 7 nitrogen and oxygen atoms in total. The minimum Gasteiger partial charge on any atom is -0.497 e. The van der Waals surface area contributed by atoms with Crippen LogP contribution in [0.2, 0.25) is 5.15 Å². The van der Waals surface area contributed by atoms with E-state index in [0.717, 1.165) is 29.8 Å². The fourth-order valence-electron chi connectivity index (χ4n) is 4.38. The highest BCUT2D eigenvalue weighted by atomic mass is 35.5. The lowest BCUT2D eigenvalue weighted by molar-refractivity contribution is -0.112. The number of amides is 2. The molecule has 4 rings (SSSR count). The molecule has 0 spiro atoms. The number of piperidine rings is 1. The van der Waals surface area contributed by atoms with Gasteiger partial charge < -0.3 is 19.7 Å². The molecule has 2 aromatic carbocycles. The first-order valence-electron chi connectivity index (χ1n) is 12.1. The van der Waals surface area contributed by atoms with Gasteiger partial charge in [-0.1, -0.05) is 35.9 Å². The van der Waals surface area contributed by atoms with Crippen molar-refractivity contribution in [2.75, 3.05) is 32.6 Å². The molecule has 2 heterocycles. The van der Waals surface area contributed by atoms with Crippen LogP contribution in [0.4, 0.5) is 5.69 Å². The quantitative estimate of drug-likeness (QED) is 0.314. The molecule has 1 aliphatic heterocycles. The normalized spacial score (nSPS) is 14.3. The van der Waals surface area contributed by atoms with Crippen molar-refractivity contribution in [2.24, 2.45) is 0 Å². The number of benzene rings is 2. The summed E-state index contributed by atoms with van der Waals surface area (Å²) in [7, 11) is 3.12. The van der Waals surface area contributed by atoms with Crippen LogP contribution in [0.25, 0.3) is 6.08 Å². The SMILES string of the molecule is COc1ccc(/C=C(\C)C(=O)Nc2ccc(C3CCN(C(=O)c4cc(Cl)nc(OC)c4)CC3)cc2)cc1. The minimum atomic E-state index is -0.150. The third-order valence-corrected chi connectivity index (χ3v) is 6.70. The first-order chi connectivity index (χ1) is 17.9. The lowest BCUT2D eigenvalue weighted by Crippen LogP contribution is -2.38. The Balaban J connectivity index is 1.32. The lowest BCUT2D eigenvalue weighted by Gasteiger charge is -2.32. The van der Waals surface area contributed by atoms with E-state index in [0.29, 0.717) is 36.0 Å². The van der Waals surface area contributed by atoms with E-state index in [1.807, 2.05) is 59.5 Å². The van der Waals surface area contributed by atoms with Gasteiger partial charge in [-0.15, -0.1) is 0 Å². The van der Waals surface area contributed by atoms with Crippen molar-refractivity contribution in [3.63, 3.8) is 0 Å². The van der Waals surface area contributed by atoms with Crippen LogP contribution in [0.5, 0.6) is 11.6 Å². The van der Waals surface area contributed by atoms with Crippen LogP contribution in [0.1, 0.15) is 47.2 Å². The number of likely N-dealkylation sites (tertiary alicyclic amines) is 1. The van der Waals surface area contributed by atoms with Gasteiger partial charge in [0.15, 0.2) is 0 Å². The van der Waals surface area contributed by atoms with Gasteiger partial charge in [0.05, 0.1) is 14.2 Å². The van der Waals surface area contributed by atoms with Gasteiger partial charge in [0, 0.05) is 36.0 Å². The third kappa shape index (κ3) is 6.68. The molecular weight excluding hydrogens is 490 g/mol. The van der Waals surface area contributed by atoms with Crippen LogP contribution in [-0.4, -0.2) is 49.0 Å². The smallest absolute Gasteiger partial charge is 0.254 e. The summed E-state index contributed by atoms with van der Waals surface area (Å²) in [5.74, 6) is 1.22. The fourth-order valence-corrected chi connectivity index (χ4v) is 4.58. The van der Waals surface area contributed by atoms with Gasteiger partial charge in [-0.25, -0.2) is 4.98 Å². The molecule has 192 valence electrons. The molecule has 3 aromatic rings. The number of hydrogen-bond acceptors (Lipinski definition) is 5. The highest BCUT2D eigenvalue weighted by Crippen LogP contribution is 2.30. The highest BCUT2D eigenvalue weighted by molar-refractivity contribution is 6.29. The predicted molar refractivity (Wildman–Crippen MR) is 145 cm³/mol. The standard InChI is InChI=1S/C29H30ClN3O4/c1-19(16-20-4-10-25(36-2)11-5-20)28(34)31-24-8-6-21(7-9-24)22-12-14-33(15-13-22)29(35)23-17-26(30)32-27(18-23)37-3/h4-11,16-18,22H,12-15H2,1-3H3,(H,31,34)/b19-16+. The number of methoxy groups -OCH3 is 2. The molecule has 1 aromatic heterocycles. The van der Waals surface area contributed by atoms with Gasteiger partial charge >= 0.3 is 0 Å². The number of anilines is 1. The zero-order chi connectivity index (χ0) is 26.4. The molecule has 2 amide bonds. The van der Waals surface area contributed by atoms with Crippen molar-refractivity contribution in [3.8, 4) is 11.6 Å². The summed E-state index contributed by atoms with van der Waals surface area (Å²) in [6, 6.07) is 18.7. The van der Waals surface area contributed by atoms with E-state index in [1.165, 1.54) is 12.7 Å². The van der Waals surface area contributed by atoms with Gasteiger partial charge in [-0.05, 0) is 73.2 Å². The van der Waals surface area contributed by atoms with E-state index in [9.17, 15) is 9.59 Å². The van der Waals surface area contributed by atoms with Gasteiger partial charge in [0.25, 0.3) is 11.8 Å². The zero-order valence-corrected chi connectivity index (χ0v) is 21.9. The second-order valence-electron chi connectivity index (χ2n) is 8.96. The molecule has 1 aliphatic rings. The monoisotopic (exact) mass is 519 g/mol. The van der Waals surface area contributed by atoms with Crippen molar-refractivity contribution < 1.29 is 19.1 Å². The number of hydrogen-bond donors (Lipinski definition) is 1. The first kappa shape index (κ1) is 26.2. The van der Waals surface area contributed by atoms with Crippen LogP contribution >= 0.6 is 11.6 Å². The van der Waals surface area contributed by atoms with Crippen molar-refractivity contribution in [2.45, 2.75) is 25.7 Å². The van der Waals surface area contributed by atoms with Gasteiger partial charge in [0.2, 0.25) is 5.88 Å². The predicted octanol–water partition coefficient (Wildman–Crippen LogP) is 5.81. The summed E-state index contributed by atoms with van der Waals surface area (Å²) in [5.41, 5.74) is 3.96. The van der Waals surface area contributed by atoms with Gasteiger partial charge in [0.1, 0.15) is 10.9 Å². The minimum absolute atomic E-state index is 0.0721. The van der Waals surface area contributed by atoms with Crippen LogP contribution in [0.3, 0.4) is 0 Å². The Morgan fingerprint density at radius 3 is 2.30 bits per heavy atom. The van der Waals surface area contributed by atoms with Gasteiger partial charge in [-0.2, -0.15) is 0 Å². The summed E-state index contributed by atoms with van der Waals surface area (Å²) in [4.78, 5) is 31.5. The molecule has 0 unspecified atom stereocenters. The molecule has 1 saturated heterocycles. The summed E-state index contributed by atoms with van der Waals surface area (Å²) >= 11 is 6.03. The molecule has 1 N–H and O–H groups in total. The van der Waals surface area contributed by atoms with Crippen LogP contribution in [-0.2, 0) is 4.79 Å². The maximum Gasteiger partial charge on any atom is 0.254 e. The molecule has 0 aliphatic carbocycles. The summed E-state index contributed by atoms with van der Waals surface area (Å²) in [5, 5.41) is 3.19. The van der Waals surface area contributed by atoms with Crippen molar-refractivity contribution in [1.82, 2.24) is 9.88 Å². The molecule has 0 radical (unpaired) electrons. The highest BCUT2D eigenvalue weighted by Gasteiger charge is 2.25. The average molecular weight is 520 g/mol. The van der Waals surface area contributed by atoms with E-state index in [2.05, 4.69) is 10.3 Å². The Morgan fingerprint density at radius 2 is 1.68 bits per heavy atom. The second-order valence-corrected chi connectivity index (χ2v) is 9.35. The third-order valence-electron chi connectivity index (χ3n) is 6.51. The lowest BCUT2D eigenvalue weighted by atomic mass is 9.89. The Labute approximate surface area is 222 Å². The van der Waals surface area contributed by atoms with Crippen LogP contribution in [0.15, 0.2) is 66.2 Å². The molecule has 0 bridgehead atoms. The fraction of sp³-hybridized carbons (Fsp3) is 0.276. The van der Waals surface area contributed by atoms with Crippen molar-refractivity contribution >= 4 is 35.2 Å². The molecule has 0 saturated carbocycles. The Hall–Kier alpha value is -3.84. The average Bonchev–Trinajstić information content (AvgIpc) is 2.93. The largest absolute Gasteiger partial charge is 0.497 e. The Kier molecular flexibility index (Phi) is 8.46. The van der Waals surface area contributed by atoms with E-state index in [4.69, 9.17) is 21.1 Å². The molecule has 0 atom stereocenters. The molecule has 37 heavy (non-hydrogen) atoms. The number of rotatable bonds is 7. The van der Waals surface area contributed by atoms with E-state index in [1.54, 1.807) is 26.2 Å². The van der Waals surface area contributed by atoms with Crippen LogP contribution < -0.4 is 14.8 Å². The molecule has 1 fully saturated rings. The molecule has 8 heteroatoms. The maximum absolute atomic E-state index is 12.9. The topological polar surface area (TPSA) is 80.8 Å². The van der Waals surface area contributed by atoms with E-state index >= 15 is 0 Å². The number of nitrogens with one attached hydrogen (secondary N) is 1. The van der Waals surface area contributed by atoms with Crippen LogP contribution in [0, 0.1) is 0 Å². The summed E-state index contributed by atoms with van der Waals surface area (Å²) in [6.45, 7) is 3.10. The van der Waals surface area contributed by atoms with Crippen molar-refractivity contribution in [1.29, 1.82) is 0 Å². The number of pyridine rings is 1. The summed E-state index contributed by atoms with van der Waals surface area (Å²) in [6.07, 6.45) is 3.56. The number of halogens is 1. The Bertz CT molecular complexity index is 1280. The Morgan fingerprint density at radius 1 is 1.00 bits per heavy atom.